The Morgan fingerprint density at radius 3 is 2.43 bits per heavy atom. The second-order valence-corrected chi connectivity index (χ2v) is 9.34. The van der Waals surface area contributed by atoms with Gasteiger partial charge in [-0.2, -0.15) is 0 Å². The summed E-state index contributed by atoms with van der Waals surface area (Å²) in [4.78, 5) is 39.6. The van der Waals surface area contributed by atoms with E-state index in [2.05, 4.69) is 5.32 Å². The lowest BCUT2D eigenvalue weighted by Crippen LogP contribution is -2.48. The third kappa shape index (κ3) is 5.50. The standard InChI is InChI=1S/C25H36N2O3/c1-17(2)24(29)23(19-9-5-4-6-10-19)26-25(30)21-12-7-11-20(15-21)22-13-8-14-27(16-22)18(3)28/h7,11-12,15,17,19,22-23H,4-6,8-10,13-14,16H2,1-3H3,(H,26,30)/t22?,23-/m1/s1. The first-order valence-corrected chi connectivity index (χ1v) is 11.6. The number of piperidine rings is 1. The van der Waals surface area contributed by atoms with Gasteiger partial charge in [-0.05, 0) is 49.3 Å². The van der Waals surface area contributed by atoms with Crippen LogP contribution in [0.3, 0.4) is 0 Å². The van der Waals surface area contributed by atoms with E-state index in [9.17, 15) is 14.4 Å². The normalized spacial score (nSPS) is 21.3. The SMILES string of the molecule is CC(=O)N1CCCC(c2cccc(C(=O)N[C@@H](C(=O)C(C)C)C3CCCCC3)c2)C1. The average molecular weight is 413 g/mol. The maximum atomic E-state index is 13.1. The molecule has 2 aliphatic rings. The van der Waals surface area contributed by atoms with Crippen LogP contribution in [-0.4, -0.2) is 41.6 Å². The molecule has 164 valence electrons. The Bertz CT molecular complexity index is 767. The molecule has 5 nitrogen and oxygen atoms in total. The number of carbonyl (C=O) groups excluding carboxylic acids is 3. The van der Waals surface area contributed by atoms with E-state index < -0.39 is 6.04 Å². The number of amides is 2. The van der Waals surface area contributed by atoms with Gasteiger partial charge in [-0.15, -0.1) is 0 Å². The molecule has 1 unspecified atom stereocenters. The highest BCUT2D eigenvalue weighted by Crippen LogP contribution is 2.29. The molecule has 1 aromatic carbocycles. The van der Waals surface area contributed by atoms with Gasteiger partial charge in [0.2, 0.25) is 5.91 Å². The number of ketones is 1. The summed E-state index contributed by atoms with van der Waals surface area (Å²) in [5, 5.41) is 3.09. The van der Waals surface area contributed by atoms with Gasteiger partial charge in [-0.1, -0.05) is 45.2 Å². The Kier molecular flexibility index (Phi) is 7.68. The molecule has 0 spiro atoms. The number of benzene rings is 1. The molecule has 1 N–H and O–H groups in total. The minimum Gasteiger partial charge on any atom is -0.342 e. The molecule has 3 rings (SSSR count). The summed E-state index contributed by atoms with van der Waals surface area (Å²) < 4.78 is 0. The van der Waals surface area contributed by atoms with Gasteiger partial charge in [0.05, 0.1) is 6.04 Å². The molecule has 30 heavy (non-hydrogen) atoms. The Labute approximate surface area is 180 Å². The lowest BCUT2D eigenvalue weighted by atomic mass is 9.80. The molecule has 1 saturated heterocycles. The molecule has 0 radical (unpaired) electrons. The van der Waals surface area contributed by atoms with Gasteiger partial charge in [-0.25, -0.2) is 0 Å². The molecule has 1 saturated carbocycles. The molecule has 1 aromatic rings. The number of likely N-dealkylation sites (tertiary alicyclic amines) is 1. The maximum absolute atomic E-state index is 13.1. The van der Waals surface area contributed by atoms with E-state index in [0.717, 1.165) is 50.6 Å². The highest BCUT2D eigenvalue weighted by Gasteiger charge is 2.32. The maximum Gasteiger partial charge on any atom is 0.251 e. The molecule has 1 aliphatic carbocycles. The fraction of sp³-hybridized carbons (Fsp3) is 0.640. The summed E-state index contributed by atoms with van der Waals surface area (Å²) >= 11 is 0. The second-order valence-electron chi connectivity index (χ2n) is 9.34. The van der Waals surface area contributed by atoms with Crippen LogP contribution in [0.2, 0.25) is 0 Å². The van der Waals surface area contributed by atoms with Gasteiger partial charge in [0, 0.05) is 37.4 Å². The Balaban J connectivity index is 1.74. The minimum absolute atomic E-state index is 0.0941. The highest BCUT2D eigenvalue weighted by molar-refractivity contribution is 5.98. The molecule has 0 aromatic heterocycles. The summed E-state index contributed by atoms with van der Waals surface area (Å²) in [6.45, 7) is 6.95. The van der Waals surface area contributed by atoms with Gasteiger partial charge in [0.15, 0.2) is 5.78 Å². The van der Waals surface area contributed by atoms with Crippen molar-refractivity contribution in [3.63, 3.8) is 0 Å². The van der Waals surface area contributed by atoms with Crippen LogP contribution in [0.15, 0.2) is 24.3 Å². The van der Waals surface area contributed by atoms with Crippen LogP contribution in [0.4, 0.5) is 0 Å². The molecule has 1 heterocycles. The number of hydrogen-bond acceptors (Lipinski definition) is 3. The van der Waals surface area contributed by atoms with Crippen molar-refractivity contribution in [3.05, 3.63) is 35.4 Å². The fourth-order valence-corrected chi connectivity index (χ4v) is 4.94. The van der Waals surface area contributed by atoms with Gasteiger partial charge in [-0.3, -0.25) is 14.4 Å². The van der Waals surface area contributed by atoms with Gasteiger partial charge < -0.3 is 10.2 Å². The van der Waals surface area contributed by atoms with E-state index in [1.807, 2.05) is 43.0 Å². The van der Waals surface area contributed by atoms with Crippen molar-refractivity contribution in [2.24, 2.45) is 11.8 Å². The number of hydrogen-bond donors (Lipinski definition) is 1. The van der Waals surface area contributed by atoms with Crippen LogP contribution in [0, 0.1) is 11.8 Å². The first-order chi connectivity index (χ1) is 14.4. The van der Waals surface area contributed by atoms with Crippen LogP contribution in [0.5, 0.6) is 0 Å². The Morgan fingerprint density at radius 1 is 1.03 bits per heavy atom. The van der Waals surface area contributed by atoms with Gasteiger partial charge in [0.25, 0.3) is 5.91 Å². The average Bonchev–Trinajstić information content (AvgIpc) is 2.77. The van der Waals surface area contributed by atoms with Crippen LogP contribution in [0.1, 0.15) is 87.6 Å². The molecular weight excluding hydrogens is 376 g/mol. The summed E-state index contributed by atoms with van der Waals surface area (Å²) in [7, 11) is 0. The van der Waals surface area contributed by atoms with Crippen molar-refractivity contribution in [3.8, 4) is 0 Å². The molecular formula is C25H36N2O3. The predicted octanol–water partition coefficient (Wildman–Crippen LogP) is 4.32. The van der Waals surface area contributed by atoms with E-state index in [-0.39, 0.29) is 35.4 Å². The van der Waals surface area contributed by atoms with Crippen LogP contribution in [0.25, 0.3) is 0 Å². The van der Waals surface area contributed by atoms with E-state index in [0.29, 0.717) is 12.1 Å². The van der Waals surface area contributed by atoms with Crippen LogP contribution < -0.4 is 5.32 Å². The third-order valence-corrected chi connectivity index (χ3v) is 6.77. The number of carbonyl (C=O) groups is 3. The van der Waals surface area contributed by atoms with Gasteiger partial charge >= 0.3 is 0 Å². The summed E-state index contributed by atoms with van der Waals surface area (Å²) in [6, 6.07) is 7.33. The number of nitrogens with zero attached hydrogens (tertiary/aromatic N) is 1. The van der Waals surface area contributed by atoms with E-state index >= 15 is 0 Å². The fourth-order valence-electron chi connectivity index (χ4n) is 4.94. The molecule has 2 atom stereocenters. The van der Waals surface area contributed by atoms with E-state index in [1.54, 1.807) is 6.92 Å². The zero-order valence-corrected chi connectivity index (χ0v) is 18.7. The van der Waals surface area contributed by atoms with Crippen molar-refractivity contribution in [2.75, 3.05) is 13.1 Å². The monoisotopic (exact) mass is 412 g/mol. The molecule has 1 aliphatic heterocycles. The summed E-state index contributed by atoms with van der Waals surface area (Å²) in [5.41, 5.74) is 1.70. The highest BCUT2D eigenvalue weighted by atomic mass is 16.2. The largest absolute Gasteiger partial charge is 0.342 e. The topological polar surface area (TPSA) is 66.5 Å². The first kappa shape index (κ1) is 22.5. The minimum atomic E-state index is -0.399. The van der Waals surface area contributed by atoms with Gasteiger partial charge in [0.1, 0.15) is 0 Å². The summed E-state index contributed by atoms with van der Waals surface area (Å²) in [6.07, 6.45) is 7.49. The first-order valence-electron chi connectivity index (χ1n) is 11.6. The van der Waals surface area contributed by atoms with Crippen molar-refractivity contribution in [1.82, 2.24) is 10.2 Å². The smallest absolute Gasteiger partial charge is 0.251 e. The quantitative estimate of drug-likeness (QED) is 0.757. The molecule has 2 amide bonds. The Morgan fingerprint density at radius 2 is 1.77 bits per heavy atom. The predicted molar refractivity (Wildman–Crippen MR) is 118 cm³/mol. The van der Waals surface area contributed by atoms with Crippen molar-refractivity contribution < 1.29 is 14.4 Å². The van der Waals surface area contributed by atoms with Crippen LogP contribution >= 0.6 is 0 Å². The third-order valence-electron chi connectivity index (χ3n) is 6.77. The number of Topliss-reactive ketones (excluding diaryl/α,β-unsaturated/α-hetero) is 1. The lowest BCUT2D eigenvalue weighted by Gasteiger charge is -2.32. The molecule has 0 bridgehead atoms. The van der Waals surface area contributed by atoms with Crippen molar-refractivity contribution in [1.29, 1.82) is 0 Å². The zero-order chi connectivity index (χ0) is 21.7. The van der Waals surface area contributed by atoms with Crippen molar-refractivity contribution in [2.45, 2.75) is 77.7 Å². The Hall–Kier alpha value is -2.17. The number of nitrogens with one attached hydrogen (secondary N) is 1. The molecule has 5 heteroatoms. The van der Waals surface area contributed by atoms with E-state index in [1.165, 1.54) is 6.42 Å². The zero-order valence-electron chi connectivity index (χ0n) is 18.7. The van der Waals surface area contributed by atoms with Crippen molar-refractivity contribution >= 4 is 17.6 Å². The lowest BCUT2D eigenvalue weighted by molar-refractivity contribution is -0.130. The van der Waals surface area contributed by atoms with E-state index in [4.69, 9.17) is 0 Å². The van der Waals surface area contributed by atoms with Crippen LogP contribution in [-0.2, 0) is 9.59 Å². The second kappa shape index (κ2) is 10.2. The molecule has 2 fully saturated rings. The number of rotatable bonds is 6. The summed E-state index contributed by atoms with van der Waals surface area (Å²) in [5.74, 6) is 0.473.